The van der Waals surface area contributed by atoms with E-state index in [2.05, 4.69) is 77.8 Å². The molecule has 110 valence electrons. The minimum absolute atomic E-state index is 0.492. The van der Waals surface area contributed by atoms with Crippen molar-refractivity contribution in [2.45, 2.75) is 25.4 Å². The monoisotopic (exact) mass is 280 g/mol. The first kappa shape index (κ1) is 14.3. The van der Waals surface area contributed by atoms with E-state index in [1.165, 1.54) is 11.1 Å². The highest BCUT2D eigenvalue weighted by atomic mass is 15.2. The van der Waals surface area contributed by atoms with Crippen molar-refractivity contribution in [3.8, 4) is 0 Å². The zero-order chi connectivity index (χ0) is 14.5. The van der Waals surface area contributed by atoms with E-state index in [4.69, 9.17) is 0 Å². The number of piperazine rings is 1. The normalized spacial score (nSPS) is 21.1. The predicted molar refractivity (Wildman–Crippen MR) is 88.4 cm³/mol. The summed E-state index contributed by atoms with van der Waals surface area (Å²) in [5, 5.41) is 3.66. The molecule has 1 heterocycles. The number of benzene rings is 2. The van der Waals surface area contributed by atoms with Gasteiger partial charge in [0, 0.05) is 31.7 Å². The topological polar surface area (TPSA) is 15.3 Å². The van der Waals surface area contributed by atoms with Gasteiger partial charge < -0.3 is 5.32 Å². The maximum Gasteiger partial charge on any atom is 0.0321 e. The fourth-order valence-electron chi connectivity index (χ4n) is 3.18. The van der Waals surface area contributed by atoms with Crippen LogP contribution in [0.25, 0.3) is 0 Å². The molecule has 0 aromatic heterocycles. The van der Waals surface area contributed by atoms with Crippen LogP contribution < -0.4 is 5.32 Å². The molecule has 0 amide bonds. The molecular weight excluding hydrogens is 256 g/mol. The van der Waals surface area contributed by atoms with Gasteiger partial charge >= 0.3 is 0 Å². The van der Waals surface area contributed by atoms with Crippen molar-refractivity contribution in [2.24, 2.45) is 0 Å². The fraction of sp³-hybridized carbons (Fsp3) is 0.368. The van der Waals surface area contributed by atoms with Gasteiger partial charge in [0.15, 0.2) is 0 Å². The van der Waals surface area contributed by atoms with Gasteiger partial charge in [-0.15, -0.1) is 0 Å². The van der Waals surface area contributed by atoms with Crippen LogP contribution in [-0.4, -0.2) is 30.6 Å². The van der Waals surface area contributed by atoms with Gasteiger partial charge in [0.05, 0.1) is 0 Å². The average Bonchev–Trinajstić information content (AvgIpc) is 2.56. The summed E-state index contributed by atoms with van der Waals surface area (Å²) in [6, 6.07) is 22.7. The minimum Gasteiger partial charge on any atom is -0.311 e. The molecule has 1 fully saturated rings. The lowest BCUT2D eigenvalue weighted by atomic mass is 10.0. The molecule has 0 spiro atoms. The van der Waals surface area contributed by atoms with E-state index < -0.39 is 0 Å². The van der Waals surface area contributed by atoms with Crippen molar-refractivity contribution >= 4 is 0 Å². The molecule has 21 heavy (non-hydrogen) atoms. The molecule has 1 aliphatic rings. The molecule has 0 aliphatic carbocycles. The molecule has 3 rings (SSSR count). The van der Waals surface area contributed by atoms with Gasteiger partial charge in [0.1, 0.15) is 0 Å². The quantitative estimate of drug-likeness (QED) is 0.924. The number of nitrogens with zero attached hydrogens (tertiary/aromatic N) is 1. The Morgan fingerprint density at radius 3 is 2.43 bits per heavy atom. The highest BCUT2D eigenvalue weighted by Gasteiger charge is 2.23. The Morgan fingerprint density at radius 1 is 1.05 bits per heavy atom. The molecular formula is C19H24N2. The van der Waals surface area contributed by atoms with E-state index in [0.29, 0.717) is 12.1 Å². The molecule has 1 N–H and O–H groups in total. The summed E-state index contributed by atoms with van der Waals surface area (Å²) in [6.45, 7) is 5.64. The van der Waals surface area contributed by atoms with E-state index in [0.717, 1.165) is 26.1 Å². The second-order valence-electron chi connectivity index (χ2n) is 5.92. The SMILES string of the molecule is CC(c1ccccc1)N1CCNC(Cc2ccccc2)C1. The molecule has 0 bridgehead atoms. The molecule has 1 saturated heterocycles. The smallest absolute Gasteiger partial charge is 0.0321 e. The first-order valence-electron chi connectivity index (χ1n) is 7.89. The van der Waals surface area contributed by atoms with Gasteiger partial charge in [-0.1, -0.05) is 60.7 Å². The fourth-order valence-corrected chi connectivity index (χ4v) is 3.18. The molecule has 2 nitrogen and oxygen atoms in total. The van der Waals surface area contributed by atoms with Gasteiger partial charge in [0.2, 0.25) is 0 Å². The summed E-state index contributed by atoms with van der Waals surface area (Å²) in [5.74, 6) is 0. The maximum absolute atomic E-state index is 3.66. The van der Waals surface area contributed by atoms with E-state index in [9.17, 15) is 0 Å². The molecule has 0 radical (unpaired) electrons. The Labute approximate surface area is 127 Å². The van der Waals surface area contributed by atoms with Crippen molar-refractivity contribution in [1.82, 2.24) is 10.2 Å². The van der Waals surface area contributed by atoms with E-state index in [1.807, 2.05) is 0 Å². The lowest BCUT2D eigenvalue weighted by molar-refractivity contribution is 0.152. The zero-order valence-corrected chi connectivity index (χ0v) is 12.7. The molecule has 2 unspecified atom stereocenters. The van der Waals surface area contributed by atoms with Crippen LogP contribution in [0.4, 0.5) is 0 Å². The standard InChI is InChI=1S/C19H24N2/c1-16(18-10-6-3-7-11-18)21-13-12-20-19(15-21)14-17-8-4-2-5-9-17/h2-11,16,19-20H,12-15H2,1H3. The maximum atomic E-state index is 3.66. The Morgan fingerprint density at radius 2 is 1.71 bits per heavy atom. The number of rotatable bonds is 4. The molecule has 2 aromatic carbocycles. The van der Waals surface area contributed by atoms with Gasteiger partial charge in [-0.05, 0) is 24.5 Å². The minimum atomic E-state index is 0.492. The van der Waals surface area contributed by atoms with Gasteiger partial charge in [0.25, 0.3) is 0 Å². The Balaban J connectivity index is 1.63. The van der Waals surface area contributed by atoms with Crippen LogP contribution in [0, 0.1) is 0 Å². The van der Waals surface area contributed by atoms with Crippen LogP contribution in [-0.2, 0) is 6.42 Å². The van der Waals surface area contributed by atoms with Crippen molar-refractivity contribution in [3.05, 3.63) is 71.8 Å². The predicted octanol–water partition coefficient (Wildman–Crippen LogP) is 3.26. The van der Waals surface area contributed by atoms with Gasteiger partial charge in [-0.2, -0.15) is 0 Å². The number of nitrogens with one attached hydrogen (secondary N) is 1. The Kier molecular flexibility index (Phi) is 4.69. The van der Waals surface area contributed by atoms with Crippen LogP contribution in [0.3, 0.4) is 0 Å². The second kappa shape index (κ2) is 6.88. The molecule has 0 saturated carbocycles. The van der Waals surface area contributed by atoms with Gasteiger partial charge in [-0.3, -0.25) is 4.90 Å². The van der Waals surface area contributed by atoms with Crippen molar-refractivity contribution < 1.29 is 0 Å². The third-order valence-electron chi connectivity index (χ3n) is 4.44. The first-order valence-corrected chi connectivity index (χ1v) is 7.89. The van der Waals surface area contributed by atoms with E-state index in [-0.39, 0.29) is 0 Å². The van der Waals surface area contributed by atoms with Crippen LogP contribution in [0.5, 0.6) is 0 Å². The van der Waals surface area contributed by atoms with Crippen molar-refractivity contribution in [3.63, 3.8) is 0 Å². The lowest BCUT2D eigenvalue weighted by Crippen LogP contribution is -2.52. The van der Waals surface area contributed by atoms with Crippen molar-refractivity contribution in [1.29, 1.82) is 0 Å². The Hall–Kier alpha value is -1.64. The third-order valence-corrected chi connectivity index (χ3v) is 4.44. The summed E-state index contributed by atoms with van der Waals surface area (Å²) >= 11 is 0. The highest BCUT2D eigenvalue weighted by Crippen LogP contribution is 2.21. The van der Waals surface area contributed by atoms with Gasteiger partial charge in [-0.25, -0.2) is 0 Å². The second-order valence-corrected chi connectivity index (χ2v) is 5.92. The van der Waals surface area contributed by atoms with E-state index in [1.54, 1.807) is 0 Å². The molecule has 2 atom stereocenters. The largest absolute Gasteiger partial charge is 0.311 e. The third kappa shape index (κ3) is 3.72. The average molecular weight is 280 g/mol. The lowest BCUT2D eigenvalue weighted by Gasteiger charge is -2.38. The molecule has 2 aromatic rings. The van der Waals surface area contributed by atoms with Crippen LogP contribution in [0.1, 0.15) is 24.1 Å². The summed E-state index contributed by atoms with van der Waals surface area (Å²) in [6.07, 6.45) is 1.11. The van der Waals surface area contributed by atoms with Crippen LogP contribution in [0.15, 0.2) is 60.7 Å². The highest BCUT2D eigenvalue weighted by molar-refractivity contribution is 5.19. The zero-order valence-electron chi connectivity index (χ0n) is 12.7. The van der Waals surface area contributed by atoms with E-state index >= 15 is 0 Å². The summed E-state index contributed by atoms with van der Waals surface area (Å²) in [7, 11) is 0. The molecule has 2 heteroatoms. The molecule has 1 aliphatic heterocycles. The van der Waals surface area contributed by atoms with Crippen molar-refractivity contribution in [2.75, 3.05) is 19.6 Å². The summed E-state index contributed by atoms with van der Waals surface area (Å²) < 4.78 is 0. The Bertz CT molecular complexity index is 538. The summed E-state index contributed by atoms with van der Waals surface area (Å²) in [4.78, 5) is 2.60. The number of hydrogen-bond donors (Lipinski definition) is 1. The summed E-state index contributed by atoms with van der Waals surface area (Å²) in [5.41, 5.74) is 2.84. The first-order chi connectivity index (χ1) is 10.3. The van der Waals surface area contributed by atoms with Crippen LogP contribution >= 0.6 is 0 Å². The van der Waals surface area contributed by atoms with Crippen LogP contribution in [0.2, 0.25) is 0 Å². The number of hydrogen-bond acceptors (Lipinski definition) is 2.